The lowest BCUT2D eigenvalue weighted by molar-refractivity contribution is 0.502. The van der Waals surface area contributed by atoms with E-state index >= 15 is 0 Å². The summed E-state index contributed by atoms with van der Waals surface area (Å²) in [5, 5.41) is 0. The van der Waals surface area contributed by atoms with Gasteiger partial charge in [0, 0.05) is 13.1 Å². The number of aromatic nitrogens is 2. The number of nitrogens with two attached hydrogens (primary N) is 1. The van der Waals surface area contributed by atoms with Gasteiger partial charge in [-0.05, 0) is 19.1 Å². The molecule has 17 heavy (non-hydrogen) atoms. The summed E-state index contributed by atoms with van der Waals surface area (Å²) in [6.45, 7) is 4.02. The Kier molecular flexibility index (Phi) is 3.72. The first kappa shape index (κ1) is 11.6. The van der Waals surface area contributed by atoms with Gasteiger partial charge in [0.1, 0.15) is 11.6 Å². The molecule has 0 fully saturated rings. The minimum Gasteiger partial charge on any atom is -0.467 e. The Morgan fingerprint density at radius 3 is 2.76 bits per heavy atom. The third kappa shape index (κ3) is 2.82. The van der Waals surface area contributed by atoms with Crippen LogP contribution < -0.4 is 10.6 Å². The number of nitrogens with zero attached hydrogens (tertiary/aromatic N) is 3. The van der Waals surface area contributed by atoms with Crippen LogP contribution in [0.5, 0.6) is 0 Å². The van der Waals surface area contributed by atoms with Crippen molar-refractivity contribution in [3.8, 4) is 0 Å². The van der Waals surface area contributed by atoms with E-state index in [0.29, 0.717) is 13.1 Å². The van der Waals surface area contributed by atoms with E-state index in [1.54, 1.807) is 18.7 Å². The number of furan rings is 1. The zero-order chi connectivity index (χ0) is 12.1. The molecule has 5 nitrogen and oxygen atoms in total. The summed E-state index contributed by atoms with van der Waals surface area (Å²) >= 11 is 0. The van der Waals surface area contributed by atoms with Crippen molar-refractivity contribution in [2.45, 2.75) is 20.0 Å². The topological polar surface area (TPSA) is 68.2 Å². The highest BCUT2D eigenvalue weighted by molar-refractivity contribution is 5.36. The summed E-state index contributed by atoms with van der Waals surface area (Å²) in [6, 6.07) is 3.83. The van der Waals surface area contributed by atoms with Crippen molar-refractivity contribution in [2.24, 2.45) is 5.73 Å². The first-order valence-electron chi connectivity index (χ1n) is 5.61. The number of hydrogen-bond donors (Lipinski definition) is 1. The largest absolute Gasteiger partial charge is 0.467 e. The summed E-state index contributed by atoms with van der Waals surface area (Å²) in [7, 11) is 0. The van der Waals surface area contributed by atoms with Crippen LogP contribution in [0.2, 0.25) is 0 Å². The molecule has 0 saturated carbocycles. The van der Waals surface area contributed by atoms with Gasteiger partial charge in [-0.2, -0.15) is 0 Å². The molecule has 2 heterocycles. The second kappa shape index (κ2) is 5.45. The van der Waals surface area contributed by atoms with Crippen LogP contribution in [-0.2, 0) is 13.1 Å². The van der Waals surface area contributed by atoms with E-state index in [9.17, 15) is 0 Å². The average molecular weight is 232 g/mol. The van der Waals surface area contributed by atoms with Crippen molar-refractivity contribution in [3.63, 3.8) is 0 Å². The molecule has 0 spiro atoms. The van der Waals surface area contributed by atoms with Gasteiger partial charge in [-0.1, -0.05) is 0 Å². The van der Waals surface area contributed by atoms with Crippen molar-refractivity contribution in [2.75, 3.05) is 11.4 Å². The van der Waals surface area contributed by atoms with Gasteiger partial charge < -0.3 is 15.1 Å². The van der Waals surface area contributed by atoms with E-state index in [1.807, 2.05) is 12.1 Å². The SMILES string of the molecule is CCN(Cc1ccco1)c1cnc(CN)cn1. The van der Waals surface area contributed by atoms with Crippen LogP contribution in [0.1, 0.15) is 18.4 Å². The highest BCUT2D eigenvalue weighted by Gasteiger charge is 2.08. The lowest BCUT2D eigenvalue weighted by Crippen LogP contribution is -2.23. The smallest absolute Gasteiger partial charge is 0.147 e. The van der Waals surface area contributed by atoms with E-state index in [2.05, 4.69) is 21.8 Å². The molecule has 0 saturated heterocycles. The zero-order valence-electron chi connectivity index (χ0n) is 9.84. The number of anilines is 1. The molecule has 0 aliphatic rings. The Labute approximate surface area is 100 Å². The van der Waals surface area contributed by atoms with Crippen molar-refractivity contribution < 1.29 is 4.42 Å². The molecular formula is C12H16N4O. The lowest BCUT2D eigenvalue weighted by atomic mass is 10.4. The van der Waals surface area contributed by atoms with Crippen molar-refractivity contribution in [3.05, 3.63) is 42.2 Å². The predicted octanol–water partition coefficient (Wildman–Crippen LogP) is 1.55. The Morgan fingerprint density at radius 2 is 2.24 bits per heavy atom. The third-order valence-electron chi connectivity index (χ3n) is 2.53. The summed E-state index contributed by atoms with van der Waals surface area (Å²) in [6.07, 6.45) is 5.13. The van der Waals surface area contributed by atoms with Gasteiger partial charge in [0.25, 0.3) is 0 Å². The first-order valence-corrected chi connectivity index (χ1v) is 5.61. The van der Waals surface area contributed by atoms with Crippen LogP contribution >= 0.6 is 0 Å². The standard InChI is InChI=1S/C12H16N4O/c1-2-16(9-11-4-3-5-17-11)12-8-14-10(6-13)7-15-12/h3-5,7-8H,2,6,9,13H2,1H3. The maximum atomic E-state index is 5.49. The van der Waals surface area contributed by atoms with Gasteiger partial charge in [0.15, 0.2) is 0 Å². The normalized spacial score (nSPS) is 10.5. The second-order valence-corrected chi connectivity index (χ2v) is 3.66. The molecule has 2 rings (SSSR count). The molecular weight excluding hydrogens is 216 g/mol. The lowest BCUT2D eigenvalue weighted by Gasteiger charge is -2.20. The van der Waals surface area contributed by atoms with Gasteiger partial charge in [0.2, 0.25) is 0 Å². The molecule has 0 radical (unpaired) electrons. The Hall–Kier alpha value is -1.88. The fourth-order valence-electron chi connectivity index (χ4n) is 1.56. The van der Waals surface area contributed by atoms with Gasteiger partial charge in [-0.3, -0.25) is 4.98 Å². The van der Waals surface area contributed by atoms with Crippen molar-refractivity contribution >= 4 is 5.82 Å². The van der Waals surface area contributed by atoms with Gasteiger partial charge in [-0.25, -0.2) is 4.98 Å². The quantitative estimate of drug-likeness (QED) is 0.847. The fourth-order valence-corrected chi connectivity index (χ4v) is 1.56. The van der Waals surface area contributed by atoms with E-state index in [-0.39, 0.29) is 0 Å². The van der Waals surface area contributed by atoms with Gasteiger partial charge >= 0.3 is 0 Å². The Bertz CT molecular complexity index is 438. The molecule has 0 aliphatic heterocycles. The van der Waals surface area contributed by atoms with E-state index in [1.165, 1.54) is 0 Å². The Balaban J connectivity index is 2.11. The van der Waals surface area contributed by atoms with E-state index in [4.69, 9.17) is 10.2 Å². The first-order chi connectivity index (χ1) is 8.33. The van der Waals surface area contributed by atoms with Crippen LogP contribution in [0.15, 0.2) is 35.2 Å². The molecule has 2 aromatic heterocycles. The monoisotopic (exact) mass is 232 g/mol. The van der Waals surface area contributed by atoms with Crippen LogP contribution in [0.25, 0.3) is 0 Å². The molecule has 5 heteroatoms. The molecule has 0 amide bonds. The third-order valence-corrected chi connectivity index (χ3v) is 2.53. The zero-order valence-corrected chi connectivity index (χ0v) is 9.84. The van der Waals surface area contributed by atoms with Crippen LogP contribution in [0.3, 0.4) is 0 Å². The number of hydrogen-bond acceptors (Lipinski definition) is 5. The highest BCUT2D eigenvalue weighted by atomic mass is 16.3. The minimum atomic E-state index is 0.414. The van der Waals surface area contributed by atoms with Crippen LogP contribution in [0, 0.1) is 0 Å². The van der Waals surface area contributed by atoms with Gasteiger partial charge in [0.05, 0.1) is 30.9 Å². The predicted molar refractivity (Wildman–Crippen MR) is 65.4 cm³/mol. The molecule has 0 aromatic carbocycles. The van der Waals surface area contributed by atoms with E-state index < -0.39 is 0 Å². The molecule has 0 aliphatic carbocycles. The highest BCUT2D eigenvalue weighted by Crippen LogP contribution is 2.13. The number of rotatable bonds is 5. The van der Waals surface area contributed by atoms with Crippen molar-refractivity contribution in [1.29, 1.82) is 0 Å². The molecule has 0 atom stereocenters. The van der Waals surface area contributed by atoms with Gasteiger partial charge in [-0.15, -0.1) is 0 Å². The fraction of sp³-hybridized carbons (Fsp3) is 0.333. The molecule has 2 aromatic rings. The summed E-state index contributed by atoms with van der Waals surface area (Å²) in [5.74, 6) is 1.75. The molecule has 0 unspecified atom stereocenters. The Morgan fingerprint density at radius 1 is 1.35 bits per heavy atom. The molecule has 90 valence electrons. The average Bonchev–Trinajstić information content (AvgIpc) is 2.89. The van der Waals surface area contributed by atoms with E-state index in [0.717, 1.165) is 23.8 Å². The van der Waals surface area contributed by atoms with Crippen molar-refractivity contribution in [1.82, 2.24) is 9.97 Å². The summed E-state index contributed by atoms with van der Waals surface area (Å²) < 4.78 is 5.32. The van der Waals surface area contributed by atoms with Crippen LogP contribution in [0.4, 0.5) is 5.82 Å². The second-order valence-electron chi connectivity index (χ2n) is 3.66. The minimum absolute atomic E-state index is 0.414. The summed E-state index contributed by atoms with van der Waals surface area (Å²) in [4.78, 5) is 10.7. The molecule has 2 N–H and O–H groups in total. The maximum Gasteiger partial charge on any atom is 0.147 e. The molecule has 0 bridgehead atoms. The summed E-state index contributed by atoms with van der Waals surface area (Å²) in [5.41, 5.74) is 6.28. The maximum absolute atomic E-state index is 5.49. The van der Waals surface area contributed by atoms with Crippen LogP contribution in [-0.4, -0.2) is 16.5 Å².